The van der Waals surface area contributed by atoms with Gasteiger partial charge in [0.25, 0.3) is 0 Å². The molecule has 1 aromatic carbocycles. The third-order valence-electron chi connectivity index (χ3n) is 3.85. The van der Waals surface area contributed by atoms with Gasteiger partial charge in [-0.25, -0.2) is 9.97 Å². The molecule has 0 radical (unpaired) electrons. The van der Waals surface area contributed by atoms with Gasteiger partial charge in [-0.15, -0.1) is 0 Å². The summed E-state index contributed by atoms with van der Waals surface area (Å²) in [4.78, 5) is 23.4. The summed E-state index contributed by atoms with van der Waals surface area (Å²) < 4.78 is 5.38. The van der Waals surface area contributed by atoms with E-state index < -0.39 is 0 Å². The molecule has 0 fully saturated rings. The molecule has 0 amide bonds. The number of fused-ring (bicyclic) bond motifs is 1. The number of aromatic amines is 1. The number of rotatable bonds is 3. The molecular formula is C18H13N3O2. The average Bonchev–Trinajstić information content (AvgIpc) is 3.23. The number of nitrogens with zero attached hydrogens (tertiary/aromatic N) is 2. The van der Waals surface area contributed by atoms with Crippen molar-refractivity contribution in [2.24, 2.45) is 0 Å². The Balaban J connectivity index is 1.93. The van der Waals surface area contributed by atoms with E-state index in [0.717, 1.165) is 27.7 Å². The summed E-state index contributed by atoms with van der Waals surface area (Å²) in [6, 6.07) is 9.55. The lowest BCUT2D eigenvalue weighted by Gasteiger charge is -2.07. The van der Waals surface area contributed by atoms with Crippen molar-refractivity contribution in [2.75, 3.05) is 0 Å². The van der Waals surface area contributed by atoms with Crippen LogP contribution in [0.15, 0.2) is 59.7 Å². The highest BCUT2D eigenvalue weighted by Crippen LogP contribution is 2.31. The van der Waals surface area contributed by atoms with Crippen molar-refractivity contribution in [2.45, 2.75) is 6.92 Å². The summed E-state index contributed by atoms with van der Waals surface area (Å²) in [6.45, 7) is 1.57. The summed E-state index contributed by atoms with van der Waals surface area (Å²) in [7, 11) is 0. The first-order valence-corrected chi connectivity index (χ1v) is 7.20. The zero-order chi connectivity index (χ0) is 15.8. The summed E-state index contributed by atoms with van der Waals surface area (Å²) in [5.74, 6) is 0.709. The average molecular weight is 303 g/mol. The quantitative estimate of drug-likeness (QED) is 0.579. The van der Waals surface area contributed by atoms with Crippen LogP contribution in [0.5, 0.6) is 0 Å². The lowest BCUT2D eigenvalue weighted by Crippen LogP contribution is -1.96. The Morgan fingerprint density at radius 3 is 2.83 bits per heavy atom. The van der Waals surface area contributed by atoms with Crippen molar-refractivity contribution >= 4 is 16.8 Å². The molecule has 0 saturated carbocycles. The van der Waals surface area contributed by atoms with E-state index in [0.29, 0.717) is 11.3 Å². The predicted octanol–water partition coefficient (Wildman–Crippen LogP) is 4.09. The molecule has 1 N–H and O–H groups in total. The molecule has 112 valence electrons. The van der Waals surface area contributed by atoms with Crippen LogP contribution in [0.4, 0.5) is 0 Å². The van der Waals surface area contributed by atoms with Crippen LogP contribution >= 0.6 is 0 Å². The summed E-state index contributed by atoms with van der Waals surface area (Å²) in [5, 5.41) is 0.928. The molecule has 3 heterocycles. The molecule has 5 heteroatoms. The van der Waals surface area contributed by atoms with Gasteiger partial charge in [0.05, 0.1) is 6.20 Å². The lowest BCUT2D eigenvalue weighted by molar-refractivity contribution is 0.101. The van der Waals surface area contributed by atoms with Crippen molar-refractivity contribution in [1.29, 1.82) is 0 Å². The van der Waals surface area contributed by atoms with Crippen molar-refractivity contribution in [3.63, 3.8) is 0 Å². The number of hydrogen-bond donors (Lipinski definition) is 1. The Bertz CT molecular complexity index is 1000. The highest BCUT2D eigenvalue weighted by molar-refractivity contribution is 6.02. The van der Waals surface area contributed by atoms with E-state index in [4.69, 9.17) is 4.42 Å². The maximum Gasteiger partial charge on any atom is 0.181 e. The maximum atomic E-state index is 11.9. The maximum absolute atomic E-state index is 11.9. The molecule has 0 aliphatic carbocycles. The van der Waals surface area contributed by atoms with Crippen LogP contribution in [-0.2, 0) is 0 Å². The van der Waals surface area contributed by atoms with E-state index in [-0.39, 0.29) is 5.78 Å². The van der Waals surface area contributed by atoms with Crippen molar-refractivity contribution in [3.05, 3.63) is 60.9 Å². The molecule has 4 rings (SSSR count). The van der Waals surface area contributed by atoms with Crippen LogP contribution in [0.25, 0.3) is 33.5 Å². The smallest absolute Gasteiger partial charge is 0.181 e. The van der Waals surface area contributed by atoms with E-state index in [9.17, 15) is 4.79 Å². The van der Waals surface area contributed by atoms with Crippen LogP contribution in [0.2, 0.25) is 0 Å². The number of oxazole rings is 1. The third kappa shape index (κ3) is 2.23. The minimum Gasteiger partial charge on any atom is -0.443 e. The summed E-state index contributed by atoms with van der Waals surface area (Å²) >= 11 is 0. The molecule has 0 bridgehead atoms. The Morgan fingerprint density at radius 1 is 1.17 bits per heavy atom. The molecule has 4 aromatic rings. The second kappa shape index (κ2) is 5.21. The van der Waals surface area contributed by atoms with Crippen molar-refractivity contribution in [1.82, 2.24) is 15.0 Å². The van der Waals surface area contributed by atoms with Gasteiger partial charge in [0, 0.05) is 34.5 Å². The minimum atomic E-state index is 0.0326. The molecule has 0 aliphatic rings. The van der Waals surface area contributed by atoms with E-state index in [1.165, 1.54) is 6.39 Å². The Hall–Kier alpha value is -3.21. The zero-order valence-electron chi connectivity index (χ0n) is 12.4. The van der Waals surface area contributed by atoms with Crippen molar-refractivity contribution in [3.8, 4) is 22.5 Å². The zero-order valence-corrected chi connectivity index (χ0v) is 12.4. The van der Waals surface area contributed by atoms with Gasteiger partial charge in [0.2, 0.25) is 0 Å². The normalized spacial score (nSPS) is 11.0. The van der Waals surface area contributed by atoms with Crippen LogP contribution in [-0.4, -0.2) is 20.7 Å². The van der Waals surface area contributed by atoms with Gasteiger partial charge in [0.1, 0.15) is 5.65 Å². The minimum absolute atomic E-state index is 0.0326. The first-order chi connectivity index (χ1) is 11.2. The molecule has 0 aliphatic heterocycles. The van der Waals surface area contributed by atoms with Crippen LogP contribution < -0.4 is 0 Å². The van der Waals surface area contributed by atoms with Gasteiger partial charge >= 0.3 is 0 Å². The molecule has 0 atom stereocenters. The number of pyridine rings is 1. The van der Waals surface area contributed by atoms with E-state index >= 15 is 0 Å². The highest BCUT2D eigenvalue weighted by Gasteiger charge is 2.13. The summed E-state index contributed by atoms with van der Waals surface area (Å²) in [6.07, 6.45) is 6.68. The number of Topliss-reactive ketones (excluding diaryl/α,β-unsaturated/α-hetero) is 1. The fraction of sp³-hybridized carbons (Fsp3) is 0.0556. The highest BCUT2D eigenvalue weighted by atomic mass is 16.3. The predicted molar refractivity (Wildman–Crippen MR) is 87.0 cm³/mol. The Kier molecular flexibility index (Phi) is 3.05. The number of carbonyl (C=O) groups is 1. The number of carbonyl (C=O) groups excluding carboxylic acids is 1. The molecule has 0 spiro atoms. The monoisotopic (exact) mass is 303 g/mol. The summed E-state index contributed by atoms with van der Waals surface area (Å²) in [5.41, 5.74) is 4.11. The topological polar surface area (TPSA) is 71.8 Å². The number of aromatic nitrogens is 3. The van der Waals surface area contributed by atoms with Crippen LogP contribution in [0, 0.1) is 0 Å². The largest absolute Gasteiger partial charge is 0.443 e. The first-order valence-electron chi connectivity index (χ1n) is 7.20. The van der Waals surface area contributed by atoms with Gasteiger partial charge in [-0.3, -0.25) is 4.79 Å². The standard InChI is InChI=1S/C18H13N3O2/c1-11(22)13-4-2-3-5-14(13)12-6-15-16(17-9-19-10-23-17)8-21-18(15)20-7-12/h2-10H,1H3,(H,20,21). The second-order valence-electron chi connectivity index (χ2n) is 5.29. The molecule has 23 heavy (non-hydrogen) atoms. The fourth-order valence-electron chi connectivity index (χ4n) is 2.75. The fourth-order valence-corrected chi connectivity index (χ4v) is 2.75. The van der Waals surface area contributed by atoms with E-state index in [2.05, 4.69) is 15.0 Å². The van der Waals surface area contributed by atoms with Crippen LogP contribution in [0.3, 0.4) is 0 Å². The van der Waals surface area contributed by atoms with Crippen LogP contribution in [0.1, 0.15) is 17.3 Å². The lowest BCUT2D eigenvalue weighted by atomic mass is 9.98. The first kappa shape index (κ1) is 13.5. The molecule has 3 aromatic heterocycles. The van der Waals surface area contributed by atoms with Gasteiger partial charge in [-0.05, 0) is 18.6 Å². The molecule has 0 saturated heterocycles. The van der Waals surface area contributed by atoms with Gasteiger partial charge < -0.3 is 9.40 Å². The molecule has 0 unspecified atom stereocenters. The third-order valence-corrected chi connectivity index (χ3v) is 3.85. The Morgan fingerprint density at radius 2 is 2.04 bits per heavy atom. The number of ketones is 1. The SMILES string of the molecule is CC(=O)c1ccccc1-c1cnc2[nH]cc(-c3cnco3)c2c1. The van der Waals surface area contributed by atoms with Gasteiger partial charge in [-0.1, -0.05) is 24.3 Å². The van der Waals surface area contributed by atoms with Crippen molar-refractivity contribution < 1.29 is 9.21 Å². The molecule has 5 nitrogen and oxygen atoms in total. The second-order valence-corrected chi connectivity index (χ2v) is 5.29. The number of hydrogen-bond acceptors (Lipinski definition) is 4. The van der Waals surface area contributed by atoms with E-state index in [1.54, 1.807) is 19.3 Å². The number of nitrogens with one attached hydrogen (secondary N) is 1. The van der Waals surface area contributed by atoms with Gasteiger partial charge in [-0.2, -0.15) is 0 Å². The number of H-pyrrole nitrogens is 1. The van der Waals surface area contributed by atoms with Gasteiger partial charge in [0.15, 0.2) is 17.9 Å². The molecular weight excluding hydrogens is 290 g/mol. The van der Waals surface area contributed by atoms with E-state index in [1.807, 2.05) is 36.5 Å². The Labute approximate surface area is 132 Å². The number of benzene rings is 1.